The molecule has 1 N–H and O–H groups in total. The van der Waals surface area contributed by atoms with E-state index in [0.29, 0.717) is 72.4 Å². The molecule has 0 unspecified atom stereocenters. The summed E-state index contributed by atoms with van der Waals surface area (Å²) < 4.78 is 32.3. The molecule has 1 aromatic carbocycles. The first-order chi connectivity index (χ1) is 14.3. The third-order valence-corrected chi connectivity index (χ3v) is 4.39. The monoisotopic (exact) mass is 411 g/mol. The topological polar surface area (TPSA) is 84.5 Å². The predicted molar refractivity (Wildman–Crippen MR) is 107 cm³/mol. The standard InChI is InChI=1S/C21H33NO7/c1-24-21(23)20-15-19(16-22-20)29-14-13-27-10-9-25-7-8-26-11-12-28-17-18-5-3-2-4-6-18/h2-6,19-20,22H,7-17H2,1H3/t19-,20-/m0/s1. The fraction of sp³-hybridized carbons (Fsp3) is 0.667. The molecule has 0 saturated carbocycles. The number of hydrogen-bond donors (Lipinski definition) is 1. The zero-order chi connectivity index (χ0) is 20.6. The van der Waals surface area contributed by atoms with Gasteiger partial charge < -0.3 is 33.7 Å². The molecule has 1 aliphatic rings. The molecule has 0 amide bonds. The fourth-order valence-electron chi connectivity index (χ4n) is 2.85. The van der Waals surface area contributed by atoms with Crippen LogP contribution in [0.25, 0.3) is 0 Å². The van der Waals surface area contributed by atoms with Gasteiger partial charge in [-0.15, -0.1) is 0 Å². The second kappa shape index (κ2) is 15.3. The molecular formula is C21H33NO7. The van der Waals surface area contributed by atoms with Gasteiger partial charge in [0, 0.05) is 13.0 Å². The zero-order valence-electron chi connectivity index (χ0n) is 17.2. The molecule has 1 heterocycles. The summed E-state index contributed by atoms with van der Waals surface area (Å²) in [5, 5.41) is 3.08. The summed E-state index contributed by atoms with van der Waals surface area (Å²) in [5.41, 5.74) is 1.16. The number of esters is 1. The van der Waals surface area contributed by atoms with Crippen molar-refractivity contribution in [2.24, 2.45) is 0 Å². The van der Waals surface area contributed by atoms with Crippen molar-refractivity contribution in [1.29, 1.82) is 0 Å². The largest absolute Gasteiger partial charge is 0.468 e. The van der Waals surface area contributed by atoms with Crippen molar-refractivity contribution in [1.82, 2.24) is 5.32 Å². The Hall–Kier alpha value is -1.55. The molecule has 8 heteroatoms. The minimum Gasteiger partial charge on any atom is -0.468 e. The maximum absolute atomic E-state index is 11.4. The predicted octanol–water partition coefficient (Wildman–Crippen LogP) is 1.17. The second-order valence-corrected chi connectivity index (χ2v) is 6.59. The van der Waals surface area contributed by atoms with E-state index >= 15 is 0 Å². The lowest BCUT2D eigenvalue weighted by molar-refractivity contribution is -0.142. The molecule has 1 aliphatic heterocycles. The first-order valence-electron chi connectivity index (χ1n) is 10.1. The molecule has 2 atom stereocenters. The maximum Gasteiger partial charge on any atom is 0.322 e. The molecule has 0 aliphatic carbocycles. The lowest BCUT2D eigenvalue weighted by Gasteiger charge is -2.11. The van der Waals surface area contributed by atoms with Crippen LogP contribution in [0.1, 0.15) is 12.0 Å². The van der Waals surface area contributed by atoms with Crippen molar-refractivity contribution >= 4 is 5.97 Å². The van der Waals surface area contributed by atoms with Crippen LogP contribution >= 0.6 is 0 Å². The van der Waals surface area contributed by atoms with E-state index in [1.165, 1.54) is 7.11 Å². The minimum absolute atomic E-state index is 0.0211. The van der Waals surface area contributed by atoms with Gasteiger partial charge in [-0.25, -0.2) is 0 Å². The summed E-state index contributed by atoms with van der Waals surface area (Å²) in [7, 11) is 1.39. The number of methoxy groups -OCH3 is 1. The van der Waals surface area contributed by atoms with E-state index in [1.54, 1.807) is 0 Å². The van der Waals surface area contributed by atoms with Crippen LogP contribution in [0, 0.1) is 0 Å². The number of ether oxygens (including phenoxy) is 6. The normalized spacial score (nSPS) is 18.8. The highest BCUT2D eigenvalue weighted by molar-refractivity contribution is 5.76. The quantitative estimate of drug-likeness (QED) is 0.321. The van der Waals surface area contributed by atoms with Crippen LogP contribution in [0.3, 0.4) is 0 Å². The molecular weight excluding hydrogens is 378 g/mol. The van der Waals surface area contributed by atoms with Gasteiger partial charge in [-0.1, -0.05) is 30.3 Å². The van der Waals surface area contributed by atoms with Gasteiger partial charge in [-0.2, -0.15) is 0 Å². The fourth-order valence-corrected chi connectivity index (χ4v) is 2.85. The van der Waals surface area contributed by atoms with Crippen LogP contribution in [0.5, 0.6) is 0 Å². The van der Waals surface area contributed by atoms with Crippen LogP contribution in [0.2, 0.25) is 0 Å². The summed E-state index contributed by atoms with van der Waals surface area (Å²) in [4.78, 5) is 11.4. The summed E-state index contributed by atoms with van der Waals surface area (Å²) >= 11 is 0. The number of carbonyl (C=O) groups is 1. The van der Waals surface area contributed by atoms with Crippen molar-refractivity contribution in [3.05, 3.63) is 35.9 Å². The van der Waals surface area contributed by atoms with E-state index in [4.69, 9.17) is 28.4 Å². The molecule has 8 nitrogen and oxygen atoms in total. The summed E-state index contributed by atoms with van der Waals surface area (Å²) in [6.45, 7) is 5.46. The van der Waals surface area contributed by atoms with Gasteiger partial charge in [0.05, 0.1) is 72.7 Å². The summed E-state index contributed by atoms with van der Waals surface area (Å²) in [6.07, 6.45) is 0.653. The van der Waals surface area contributed by atoms with Gasteiger partial charge in [0.25, 0.3) is 0 Å². The molecule has 164 valence electrons. The molecule has 0 aromatic heterocycles. The number of carbonyl (C=O) groups excluding carboxylic acids is 1. The molecule has 0 radical (unpaired) electrons. The van der Waals surface area contributed by atoms with E-state index in [0.717, 1.165) is 5.56 Å². The Bertz CT molecular complexity index is 543. The zero-order valence-corrected chi connectivity index (χ0v) is 17.2. The van der Waals surface area contributed by atoms with Crippen molar-refractivity contribution in [3.63, 3.8) is 0 Å². The Labute approximate surface area is 172 Å². The van der Waals surface area contributed by atoms with E-state index in [9.17, 15) is 4.79 Å². The summed E-state index contributed by atoms with van der Waals surface area (Å²) in [6, 6.07) is 9.79. The van der Waals surface area contributed by atoms with E-state index in [2.05, 4.69) is 5.32 Å². The summed E-state index contributed by atoms with van der Waals surface area (Å²) in [5.74, 6) is -0.242. The highest BCUT2D eigenvalue weighted by Gasteiger charge is 2.30. The minimum atomic E-state index is -0.267. The van der Waals surface area contributed by atoms with Crippen LogP contribution in [-0.4, -0.2) is 84.6 Å². The molecule has 0 spiro atoms. The Balaban J connectivity index is 1.28. The van der Waals surface area contributed by atoms with Gasteiger partial charge >= 0.3 is 5.97 Å². The van der Waals surface area contributed by atoms with Gasteiger partial charge in [-0.05, 0) is 5.56 Å². The molecule has 1 saturated heterocycles. The van der Waals surface area contributed by atoms with Gasteiger partial charge in [0.15, 0.2) is 0 Å². The van der Waals surface area contributed by atoms with Crippen LogP contribution in [0.15, 0.2) is 30.3 Å². The number of nitrogens with one attached hydrogen (secondary N) is 1. The van der Waals surface area contributed by atoms with Gasteiger partial charge in [0.1, 0.15) is 6.04 Å². The molecule has 1 fully saturated rings. The lowest BCUT2D eigenvalue weighted by atomic mass is 10.2. The lowest BCUT2D eigenvalue weighted by Crippen LogP contribution is -2.31. The smallest absolute Gasteiger partial charge is 0.322 e. The Kier molecular flexibility index (Phi) is 12.5. The van der Waals surface area contributed by atoms with Crippen LogP contribution < -0.4 is 5.32 Å². The molecule has 1 aromatic rings. The number of rotatable bonds is 16. The van der Waals surface area contributed by atoms with Crippen molar-refractivity contribution < 1.29 is 33.2 Å². The highest BCUT2D eigenvalue weighted by Crippen LogP contribution is 2.11. The van der Waals surface area contributed by atoms with Gasteiger partial charge in [-0.3, -0.25) is 4.79 Å². The van der Waals surface area contributed by atoms with Crippen molar-refractivity contribution in [2.45, 2.75) is 25.2 Å². The Morgan fingerprint density at radius 1 is 0.897 bits per heavy atom. The number of hydrogen-bond acceptors (Lipinski definition) is 8. The average molecular weight is 411 g/mol. The average Bonchev–Trinajstić information content (AvgIpc) is 3.23. The third kappa shape index (κ3) is 10.7. The second-order valence-electron chi connectivity index (χ2n) is 6.59. The molecule has 2 rings (SSSR count). The highest BCUT2D eigenvalue weighted by atomic mass is 16.6. The van der Waals surface area contributed by atoms with Crippen LogP contribution in [-0.2, 0) is 39.8 Å². The number of benzene rings is 1. The van der Waals surface area contributed by atoms with Crippen LogP contribution in [0.4, 0.5) is 0 Å². The van der Waals surface area contributed by atoms with E-state index < -0.39 is 0 Å². The first-order valence-corrected chi connectivity index (χ1v) is 10.1. The van der Waals surface area contributed by atoms with E-state index in [-0.39, 0.29) is 18.1 Å². The van der Waals surface area contributed by atoms with Crippen molar-refractivity contribution in [3.8, 4) is 0 Å². The first kappa shape index (κ1) is 23.7. The van der Waals surface area contributed by atoms with Gasteiger partial charge in [0.2, 0.25) is 0 Å². The molecule has 0 bridgehead atoms. The van der Waals surface area contributed by atoms with E-state index in [1.807, 2.05) is 30.3 Å². The molecule has 29 heavy (non-hydrogen) atoms. The van der Waals surface area contributed by atoms with Crippen molar-refractivity contribution in [2.75, 3.05) is 66.5 Å². The Morgan fingerprint density at radius 3 is 2.10 bits per heavy atom. The third-order valence-electron chi connectivity index (χ3n) is 4.39. The maximum atomic E-state index is 11.4. The SMILES string of the molecule is COC(=O)[C@@H]1C[C@H](OCCOCCOCCOCCOCc2ccccc2)CN1. The Morgan fingerprint density at radius 2 is 1.48 bits per heavy atom.